The molecule has 0 radical (unpaired) electrons. The second-order valence-corrected chi connectivity index (χ2v) is 6.24. The van der Waals surface area contributed by atoms with Gasteiger partial charge in [0.05, 0.1) is 0 Å². The fourth-order valence-corrected chi connectivity index (χ4v) is 2.28. The molecule has 0 amide bonds. The van der Waals surface area contributed by atoms with Crippen LogP contribution in [0, 0.1) is 0 Å². The van der Waals surface area contributed by atoms with Gasteiger partial charge in [-0.3, -0.25) is 0 Å². The van der Waals surface area contributed by atoms with Crippen molar-refractivity contribution in [2.75, 3.05) is 14.1 Å². The van der Waals surface area contributed by atoms with Crippen LogP contribution in [0.15, 0.2) is 35.5 Å². The fourth-order valence-electron chi connectivity index (χ4n) is 1.44. The lowest BCUT2D eigenvalue weighted by atomic mass is 10.4. The standard InChI is InChI=1S/C11H12N4O4S/c1-14(2)20(18,19)8-3-4-10(12-7-8)15-6-5-9(13-15)11(16)17/h3-7H,1-2H3,(H,16,17). The van der Waals surface area contributed by atoms with Crippen LogP contribution in [0.1, 0.15) is 10.5 Å². The van der Waals surface area contributed by atoms with Crippen LogP contribution < -0.4 is 0 Å². The molecular formula is C11H12N4O4S. The molecule has 0 aliphatic heterocycles. The number of aromatic nitrogens is 3. The maximum absolute atomic E-state index is 11.9. The van der Waals surface area contributed by atoms with Crippen LogP contribution in [-0.2, 0) is 10.0 Å². The molecule has 0 saturated heterocycles. The summed E-state index contributed by atoms with van der Waals surface area (Å²) in [5.74, 6) is -0.814. The number of pyridine rings is 1. The number of carbonyl (C=O) groups is 1. The third-order valence-electron chi connectivity index (χ3n) is 2.54. The van der Waals surface area contributed by atoms with E-state index in [0.717, 1.165) is 4.31 Å². The van der Waals surface area contributed by atoms with Gasteiger partial charge in [-0.05, 0) is 18.2 Å². The van der Waals surface area contributed by atoms with Crippen molar-refractivity contribution in [3.8, 4) is 5.82 Å². The fraction of sp³-hybridized carbons (Fsp3) is 0.182. The van der Waals surface area contributed by atoms with Crippen LogP contribution in [0.3, 0.4) is 0 Å². The van der Waals surface area contributed by atoms with Gasteiger partial charge in [0, 0.05) is 26.5 Å². The van der Waals surface area contributed by atoms with Crippen molar-refractivity contribution in [2.24, 2.45) is 0 Å². The predicted octanol–water partition coefficient (Wildman–Crippen LogP) is 0.216. The number of sulfonamides is 1. The molecule has 2 heterocycles. The maximum atomic E-state index is 11.9. The minimum absolute atomic E-state index is 0.0527. The van der Waals surface area contributed by atoms with Crippen LogP contribution in [0.2, 0.25) is 0 Å². The Kier molecular flexibility index (Phi) is 3.55. The molecule has 8 nitrogen and oxygen atoms in total. The van der Waals surface area contributed by atoms with Crippen molar-refractivity contribution in [3.63, 3.8) is 0 Å². The van der Waals surface area contributed by atoms with Crippen molar-refractivity contribution in [1.29, 1.82) is 0 Å². The highest BCUT2D eigenvalue weighted by Gasteiger charge is 2.17. The summed E-state index contributed by atoms with van der Waals surface area (Å²) in [7, 11) is -0.684. The molecule has 2 aromatic heterocycles. The average molecular weight is 296 g/mol. The first kappa shape index (κ1) is 14.2. The Labute approximate surface area is 115 Å². The van der Waals surface area contributed by atoms with Crippen LogP contribution in [0.25, 0.3) is 5.82 Å². The Bertz CT molecular complexity index is 734. The van der Waals surface area contributed by atoms with Crippen LogP contribution in [0.5, 0.6) is 0 Å². The molecule has 0 fully saturated rings. The normalized spacial score (nSPS) is 11.8. The summed E-state index contributed by atoms with van der Waals surface area (Å²) in [5, 5.41) is 12.6. The first-order valence-corrected chi connectivity index (χ1v) is 6.94. The number of hydrogen-bond acceptors (Lipinski definition) is 5. The molecule has 9 heteroatoms. The molecule has 106 valence electrons. The van der Waals surface area contributed by atoms with Gasteiger partial charge < -0.3 is 5.11 Å². The number of hydrogen-bond donors (Lipinski definition) is 1. The number of aromatic carboxylic acids is 1. The first-order chi connectivity index (χ1) is 9.32. The Hall–Kier alpha value is -2.26. The van der Waals surface area contributed by atoms with E-state index in [1.165, 1.54) is 49.4 Å². The van der Waals surface area contributed by atoms with E-state index in [9.17, 15) is 13.2 Å². The van der Waals surface area contributed by atoms with Gasteiger partial charge in [-0.15, -0.1) is 0 Å². The molecule has 0 aromatic carbocycles. The minimum Gasteiger partial charge on any atom is -0.476 e. The maximum Gasteiger partial charge on any atom is 0.356 e. The highest BCUT2D eigenvalue weighted by molar-refractivity contribution is 7.89. The van der Waals surface area contributed by atoms with Gasteiger partial charge in [-0.1, -0.05) is 0 Å². The van der Waals surface area contributed by atoms with E-state index in [4.69, 9.17) is 5.11 Å². The van der Waals surface area contributed by atoms with Gasteiger partial charge in [0.15, 0.2) is 11.5 Å². The topological polar surface area (TPSA) is 105 Å². The summed E-state index contributed by atoms with van der Waals surface area (Å²) in [6.07, 6.45) is 2.64. The first-order valence-electron chi connectivity index (χ1n) is 5.50. The molecule has 0 saturated carbocycles. The zero-order chi connectivity index (χ0) is 14.9. The van der Waals surface area contributed by atoms with Crippen molar-refractivity contribution in [2.45, 2.75) is 4.90 Å². The van der Waals surface area contributed by atoms with Crippen molar-refractivity contribution in [3.05, 3.63) is 36.3 Å². The summed E-state index contributed by atoms with van der Waals surface area (Å²) >= 11 is 0. The lowest BCUT2D eigenvalue weighted by molar-refractivity contribution is 0.0690. The highest BCUT2D eigenvalue weighted by Crippen LogP contribution is 2.13. The largest absolute Gasteiger partial charge is 0.476 e. The van der Waals surface area contributed by atoms with E-state index in [-0.39, 0.29) is 10.6 Å². The third-order valence-corrected chi connectivity index (χ3v) is 4.34. The molecule has 2 aromatic rings. The predicted molar refractivity (Wildman–Crippen MR) is 69.2 cm³/mol. The zero-order valence-corrected chi connectivity index (χ0v) is 11.6. The lowest BCUT2D eigenvalue weighted by Crippen LogP contribution is -2.22. The number of carboxylic acids is 1. The lowest BCUT2D eigenvalue weighted by Gasteiger charge is -2.11. The zero-order valence-electron chi connectivity index (χ0n) is 10.8. The van der Waals surface area contributed by atoms with Gasteiger partial charge in [-0.2, -0.15) is 5.10 Å². The number of nitrogens with zero attached hydrogens (tertiary/aromatic N) is 4. The van der Waals surface area contributed by atoms with Gasteiger partial charge in [0.25, 0.3) is 0 Å². The highest BCUT2D eigenvalue weighted by atomic mass is 32.2. The van der Waals surface area contributed by atoms with E-state index in [1.807, 2.05) is 0 Å². The SMILES string of the molecule is CN(C)S(=O)(=O)c1ccc(-n2ccc(C(=O)O)n2)nc1. The Balaban J connectivity index is 2.35. The van der Waals surface area contributed by atoms with E-state index in [2.05, 4.69) is 10.1 Å². The molecule has 0 bridgehead atoms. The Morgan fingerprint density at radius 2 is 2.00 bits per heavy atom. The Morgan fingerprint density at radius 3 is 2.45 bits per heavy atom. The van der Waals surface area contributed by atoms with E-state index >= 15 is 0 Å². The van der Waals surface area contributed by atoms with Crippen LogP contribution >= 0.6 is 0 Å². The summed E-state index contributed by atoms with van der Waals surface area (Å²) in [6.45, 7) is 0. The van der Waals surface area contributed by atoms with Crippen LogP contribution in [0.4, 0.5) is 0 Å². The van der Waals surface area contributed by atoms with E-state index in [1.54, 1.807) is 0 Å². The summed E-state index contributed by atoms with van der Waals surface area (Å²) < 4.78 is 26.1. The van der Waals surface area contributed by atoms with Crippen molar-refractivity contribution < 1.29 is 18.3 Å². The summed E-state index contributed by atoms with van der Waals surface area (Å²) in [5.41, 5.74) is -0.114. The van der Waals surface area contributed by atoms with Gasteiger partial charge in [0.2, 0.25) is 10.0 Å². The molecule has 1 N–H and O–H groups in total. The quantitative estimate of drug-likeness (QED) is 0.865. The molecule has 2 rings (SSSR count). The molecular weight excluding hydrogens is 284 g/mol. The molecule has 0 atom stereocenters. The molecule has 0 aliphatic carbocycles. The monoisotopic (exact) mass is 296 g/mol. The van der Waals surface area contributed by atoms with E-state index in [0.29, 0.717) is 5.82 Å². The average Bonchev–Trinajstić information content (AvgIpc) is 2.88. The van der Waals surface area contributed by atoms with Crippen LogP contribution in [-0.4, -0.2) is 52.7 Å². The molecule has 0 spiro atoms. The summed E-state index contributed by atoms with van der Waals surface area (Å²) in [4.78, 5) is 14.7. The molecule has 0 aliphatic rings. The van der Waals surface area contributed by atoms with Crippen molar-refractivity contribution in [1.82, 2.24) is 19.1 Å². The molecule has 20 heavy (non-hydrogen) atoms. The number of carboxylic acid groups (broad SMARTS) is 1. The van der Waals surface area contributed by atoms with E-state index < -0.39 is 16.0 Å². The molecule has 0 unspecified atom stereocenters. The smallest absolute Gasteiger partial charge is 0.356 e. The second kappa shape index (κ2) is 5.02. The van der Waals surface area contributed by atoms with Gasteiger partial charge >= 0.3 is 5.97 Å². The number of rotatable bonds is 4. The third kappa shape index (κ3) is 2.53. The Morgan fingerprint density at radius 1 is 1.30 bits per heavy atom. The van der Waals surface area contributed by atoms with Gasteiger partial charge in [-0.25, -0.2) is 27.2 Å². The second-order valence-electron chi connectivity index (χ2n) is 4.09. The summed E-state index contributed by atoms with van der Waals surface area (Å²) in [6, 6.07) is 4.17. The minimum atomic E-state index is -3.54. The van der Waals surface area contributed by atoms with Gasteiger partial charge in [0.1, 0.15) is 4.90 Å². The van der Waals surface area contributed by atoms with Crippen molar-refractivity contribution >= 4 is 16.0 Å².